The molecule has 1 N–H and O–H groups in total. The number of imidazole rings is 1. The summed E-state index contributed by atoms with van der Waals surface area (Å²) < 4.78 is 15.3. The van der Waals surface area contributed by atoms with Gasteiger partial charge in [0, 0.05) is 50.3 Å². The second-order valence-corrected chi connectivity index (χ2v) is 9.14. The normalized spacial score (nSPS) is 13.9. The summed E-state index contributed by atoms with van der Waals surface area (Å²) in [5, 5.41) is 3.51. The van der Waals surface area contributed by atoms with Crippen LogP contribution in [-0.2, 0) is 13.0 Å². The molecule has 1 aliphatic rings. The Hall–Kier alpha value is -3.80. The van der Waals surface area contributed by atoms with Gasteiger partial charge in [-0.1, -0.05) is 31.7 Å². The number of nitrogens with one attached hydrogen (secondary N) is 1. The van der Waals surface area contributed by atoms with Gasteiger partial charge < -0.3 is 15.1 Å². The van der Waals surface area contributed by atoms with Gasteiger partial charge >= 0.3 is 0 Å². The number of halogens is 1. The minimum absolute atomic E-state index is 0.190. The summed E-state index contributed by atoms with van der Waals surface area (Å²) in [6.45, 7) is 13.0. The number of aryl methyl sites for hydroxylation is 2. The minimum Gasteiger partial charge on any atom is -0.380 e. The van der Waals surface area contributed by atoms with Crippen LogP contribution in [0.4, 0.5) is 15.8 Å². The molecule has 5 nitrogen and oxygen atoms in total. The molecule has 0 atom stereocenters. The number of anilines is 2. The first-order valence-corrected chi connectivity index (χ1v) is 12.3. The molecule has 0 radical (unpaired) electrons. The highest BCUT2D eigenvalue weighted by molar-refractivity contribution is 5.65. The predicted molar refractivity (Wildman–Crippen MR) is 142 cm³/mol. The average Bonchev–Trinajstić information content (AvgIpc) is 3.26. The molecular weight excluding hydrogens is 437 g/mol. The van der Waals surface area contributed by atoms with Gasteiger partial charge in [-0.15, -0.1) is 0 Å². The molecule has 0 aliphatic carbocycles. The van der Waals surface area contributed by atoms with E-state index in [0.717, 1.165) is 61.0 Å². The highest BCUT2D eigenvalue weighted by Crippen LogP contribution is 2.23. The van der Waals surface area contributed by atoms with Gasteiger partial charge in [0.2, 0.25) is 0 Å². The SMILES string of the molecule is C=C(NCc1ccc(N2CCN(c3ccc(F)cc3)CC2)cc1)c1c(CC)nc2ccc(C)cn12. The van der Waals surface area contributed by atoms with Gasteiger partial charge in [-0.05, 0) is 66.9 Å². The van der Waals surface area contributed by atoms with Crippen molar-refractivity contribution in [3.8, 4) is 0 Å². The number of pyridine rings is 1. The second-order valence-electron chi connectivity index (χ2n) is 9.14. The number of benzene rings is 2. The number of hydrogen-bond donors (Lipinski definition) is 1. The summed E-state index contributed by atoms with van der Waals surface area (Å²) in [6, 6.07) is 19.7. The zero-order chi connectivity index (χ0) is 24.4. The summed E-state index contributed by atoms with van der Waals surface area (Å²) in [7, 11) is 0. The number of rotatable bonds is 7. The molecule has 1 fully saturated rings. The first-order chi connectivity index (χ1) is 17.0. The first kappa shape index (κ1) is 23.0. The van der Waals surface area contributed by atoms with Gasteiger partial charge in [-0.3, -0.25) is 4.40 Å². The van der Waals surface area contributed by atoms with E-state index in [0.29, 0.717) is 6.54 Å². The topological polar surface area (TPSA) is 35.8 Å². The van der Waals surface area contributed by atoms with Crippen LogP contribution in [0.3, 0.4) is 0 Å². The minimum atomic E-state index is -0.190. The van der Waals surface area contributed by atoms with Crippen molar-refractivity contribution < 1.29 is 4.39 Å². The first-order valence-electron chi connectivity index (χ1n) is 12.3. The molecule has 0 unspecified atom stereocenters. The molecule has 0 amide bonds. The van der Waals surface area contributed by atoms with E-state index in [4.69, 9.17) is 4.98 Å². The third-order valence-corrected chi connectivity index (χ3v) is 6.74. The fraction of sp³-hybridized carbons (Fsp3) is 0.276. The van der Waals surface area contributed by atoms with Crippen LogP contribution in [0.1, 0.15) is 29.4 Å². The van der Waals surface area contributed by atoms with E-state index >= 15 is 0 Å². The average molecular weight is 470 g/mol. The lowest BCUT2D eigenvalue weighted by Gasteiger charge is -2.37. The maximum absolute atomic E-state index is 13.2. The van der Waals surface area contributed by atoms with Crippen molar-refractivity contribution in [1.29, 1.82) is 0 Å². The number of fused-ring (bicyclic) bond motifs is 1. The molecule has 2 aromatic heterocycles. The van der Waals surface area contributed by atoms with E-state index in [1.807, 2.05) is 12.1 Å². The Morgan fingerprint density at radius 1 is 0.914 bits per heavy atom. The Morgan fingerprint density at radius 2 is 1.51 bits per heavy atom. The van der Waals surface area contributed by atoms with Crippen LogP contribution in [0.2, 0.25) is 0 Å². The maximum atomic E-state index is 13.2. The third-order valence-electron chi connectivity index (χ3n) is 6.74. The number of aromatic nitrogens is 2. The van der Waals surface area contributed by atoms with Crippen molar-refractivity contribution in [2.45, 2.75) is 26.8 Å². The van der Waals surface area contributed by atoms with Crippen molar-refractivity contribution >= 4 is 22.7 Å². The molecule has 1 aliphatic heterocycles. The lowest BCUT2D eigenvalue weighted by Crippen LogP contribution is -2.46. The molecule has 180 valence electrons. The van der Waals surface area contributed by atoms with Gasteiger partial charge in [-0.2, -0.15) is 0 Å². The highest BCUT2D eigenvalue weighted by atomic mass is 19.1. The Morgan fingerprint density at radius 3 is 2.11 bits per heavy atom. The molecule has 35 heavy (non-hydrogen) atoms. The van der Waals surface area contributed by atoms with Crippen molar-refractivity contribution in [2.75, 3.05) is 36.0 Å². The Kier molecular flexibility index (Phi) is 6.45. The van der Waals surface area contributed by atoms with Crippen LogP contribution in [0.5, 0.6) is 0 Å². The Bertz CT molecular complexity index is 1320. The smallest absolute Gasteiger partial charge is 0.137 e. The van der Waals surface area contributed by atoms with Crippen molar-refractivity contribution in [3.63, 3.8) is 0 Å². The molecule has 0 spiro atoms. The van der Waals surface area contributed by atoms with Gasteiger partial charge in [0.1, 0.15) is 11.5 Å². The Labute approximate surface area is 206 Å². The largest absolute Gasteiger partial charge is 0.380 e. The van der Waals surface area contributed by atoms with Crippen LogP contribution < -0.4 is 15.1 Å². The molecule has 4 aromatic rings. The molecule has 1 saturated heterocycles. The molecule has 2 aromatic carbocycles. The number of hydrogen-bond acceptors (Lipinski definition) is 4. The summed E-state index contributed by atoms with van der Waals surface area (Å²) in [6.07, 6.45) is 2.98. The molecule has 0 bridgehead atoms. The molecule has 6 heteroatoms. The highest BCUT2D eigenvalue weighted by Gasteiger charge is 2.18. The van der Waals surface area contributed by atoms with Gasteiger partial charge in [0.15, 0.2) is 0 Å². The Balaban J connectivity index is 1.20. The standard InChI is InChI=1S/C29H32FN5/c1-4-27-29(35-20-21(2)5-14-28(35)32-27)22(3)31-19-23-6-10-25(11-7-23)33-15-17-34(18-16-33)26-12-8-24(30)9-13-26/h5-14,20,31H,3-4,15-19H2,1-2H3. The summed E-state index contributed by atoms with van der Waals surface area (Å²) >= 11 is 0. The van der Waals surface area contributed by atoms with Crippen molar-refractivity contribution in [3.05, 3.63) is 102 Å². The van der Waals surface area contributed by atoms with E-state index in [2.05, 4.69) is 82.5 Å². The van der Waals surface area contributed by atoms with Gasteiger partial charge in [0.25, 0.3) is 0 Å². The zero-order valence-electron chi connectivity index (χ0n) is 20.5. The molecule has 5 rings (SSSR count). The predicted octanol–water partition coefficient (Wildman–Crippen LogP) is 5.43. The second kappa shape index (κ2) is 9.82. The molecule has 3 heterocycles. The van der Waals surface area contributed by atoms with Crippen LogP contribution in [0.15, 0.2) is 73.4 Å². The summed E-state index contributed by atoms with van der Waals surface area (Å²) in [5.74, 6) is -0.190. The monoisotopic (exact) mass is 469 g/mol. The third kappa shape index (κ3) is 4.87. The van der Waals surface area contributed by atoms with Crippen LogP contribution in [-0.4, -0.2) is 35.6 Å². The summed E-state index contributed by atoms with van der Waals surface area (Å²) in [5.41, 5.74) is 8.68. The molecular formula is C29H32FN5. The number of nitrogens with zero attached hydrogens (tertiary/aromatic N) is 4. The fourth-order valence-electron chi connectivity index (χ4n) is 4.76. The zero-order valence-corrected chi connectivity index (χ0v) is 20.5. The maximum Gasteiger partial charge on any atom is 0.137 e. The van der Waals surface area contributed by atoms with E-state index in [1.54, 1.807) is 0 Å². The van der Waals surface area contributed by atoms with Crippen LogP contribution in [0.25, 0.3) is 11.3 Å². The summed E-state index contributed by atoms with van der Waals surface area (Å²) in [4.78, 5) is 9.50. The number of piperazine rings is 1. The molecule has 0 saturated carbocycles. The lowest BCUT2D eigenvalue weighted by atomic mass is 10.1. The fourth-order valence-corrected chi connectivity index (χ4v) is 4.76. The lowest BCUT2D eigenvalue weighted by molar-refractivity contribution is 0.625. The van der Waals surface area contributed by atoms with Crippen LogP contribution in [0, 0.1) is 12.7 Å². The van der Waals surface area contributed by atoms with E-state index in [9.17, 15) is 4.39 Å². The van der Waals surface area contributed by atoms with E-state index in [1.165, 1.54) is 28.9 Å². The van der Waals surface area contributed by atoms with Gasteiger partial charge in [0.05, 0.1) is 17.1 Å². The van der Waals surface area contributed by atoms with E-state index in [-0.39, 0.29) is 5.82 Å². The van der Waals surface area contributed by atoms with Crippen LogP contribution >= 0.6 is 0 Å². The quantitative estimate of drug-likeness (QED) is 0.391. The van der Waals surface area contributed by atoms with Crippen molar-refractivity contribution in [2.24, 2.45) is 0 Å². The van der Waals surface area contributed by atoms with E-state index < -0.39 is 0 Å². The van der Waals surface area contributed by atoms with Crippen molar-refractivity contribution in [1.82, 2.24) is 14.7 Å². The van der Waals surface area contributed by atoms with Gasteiger partial charge in [-0.25, -0.2) is 9.37 Å².